The lowest BCUT2D eigenvalue weighted by molar-refractivity contribution is -0.0245. The standard InChI is InChI=1S/C22H46O13S4/c1-38(23,24)36-21-19-34-17-15-32-13-11-30-9-7-28-5-3-27-4-6-29-8-10-31-12-14-33-16-18-35-20-22-37-39(2,25)26/h3-22H2,1-2H3. The summed E-state index contributed by atoms with van der Waals surface area (Å²) in [6, 6.07) is 0. The SMILES string of the molecule is CS(=O)(=O)SCCOCCOCCOCCOCCOCCOCCOCCOCCOCCSS(C)(=O)=O. The lowest BCUT2D eigenvalue weighted by Gasteiger charge is -2.09. The molecule has 236 valence electrons. The van der Waals surface area contributed by atoms with Crippen molar-refractivity contribution in [3.8, 4) is 0 Å². The zero-order valence-electron chi connectivity index (χ0n) is 23.1. The second-order valence-electron chi connectivity index (χ2n) is 7.56. The number of ether oxygens (including phenoxy) is 9. The van der Waals surface area contributed by atoms with E-state index in [2.05, 4.69) is 0 Å². The van der Waals surface area contributed by atoms with Crippen molar-refractivity contribution in [2.45, 2.75) is 0 Å². The topological polar surface area (TPSA) is 151 Å². The lowest BCUT2D eigenvalue weighted by atomic mass is 10.6. The Morgan fingerprint density at radius 3 is 0.641 bits per heavy atom. The molecule has 13 nitrogen and oxygen atoms in total. The summed E-state index contributed by atoms with van der Waals surface area (Å²) < 4.78 is 92.1. The Hall–Kier alpha value is 0.240. The molecule has 0 bridgehead atoms. The number of rotatable bonds is 32. The van der Waals surface area contributed by atoms with Crippen molar-refractivity contribution in [2.24, 2.45) is 0 Å². The largest absolute Gasteiger partial charge is 0.378 e. The minimum Gasteiger partial charge on any atom is -0.378 e. The van der Waals surface area contributed by atoms with Crippen molar-refractivity contribution >= 4 is 39.3 Å². The fourth-order valence-corrected chi connectivity index (χ4v) is 5.55. The molecule has 0 aromatic heterocycles. The summed E-state index contributed by atoms with van der Waals surface area (Å²) in [6.45, 7) is 8.05. The summed E-state index contributed by atoms with van der Waals surface area (Å²) in [4.78, 5) is 0. The third kappa shape index (κ3) is 38.2. The van der Waals surface area contributed by atoms with Gasteiger partial charge in [-0.05, 0) is 21.6 Å². The van der Waals surface area contributed by atoms with E-state index < -0.39 is 17.7 Å². The smallest absolute Gasteiger partial charge is 0.198 e. The first-order chi connectivity index (χ1) is 18.7. The third-order valence-electron chi connectivity index (χ3n) is 4.03. The Labute approximate surface area is 241 Å². The van der Waals surface area contributed by atoms with Crippen LogP contribution < -0.4 is 0 Å². The van der Waals surface area contributed by atoms with Gasteiger partial charge in [-0.15, -0.1) is 0 Å². The zero-order chi connectivity index (χ0) is 28.9. The number of hydrogen-bond acceptors (Lipinski definition) is 15. The highest BCUT2D eigenvalue weighted by Gasteiger charge is 2.02. The molecule has 0 aliphatic carbocycles. The summed E-state index contributed by atoms with van der Waals surface area (Å²) in [6.07, 6.45) is 2.35. The fourth-order valence-electron chi connectivity index (χ4n) is 2.35. The predicted molar refractivity (Wildman–Crippen MR) is 152 cm³/mol. The maximum absolute atomic E-state index is 10.9. The van der Waals surface area contributed by atoms with E-state index in [-0.39, 0.29) is 0 Å². The molecular weight excluding hydrogens is 600 g/mol. The van der Waals surface area contributed by atoms with Crippen molar-refractivity contribution in [2.75, 3.05) is 143 Å². The van der Waals surface area contributed by atoms with Crippen molar-refractivity contribution in [3.05, 3.63) is 0 Å². The van der Waals surface area contributed by atoms with Crippen molar-refractivity contribution in [1.29, 1.82) is 0 Å². The quantitative estimate of drug-likeness (QED) is 0.0737. The molecule has 0 aromatic carbocycles. The van der Waals surface area contributed by atoms with E-state index in [0.29, 0.717) is 130 Å². The lowest BCUT2D eigenvalue weighted by Crippen LogP contribution is -2.15. The van der Waals surface area contributed by atoms with E-state index in [1.807, 2.05) is 0 Å². The summed E-state index contributed by atoms with van der Waals surface area (Å²) in [5, 5.41) is 0. The Bertz CT molecular complexity index is 663. The highest BCUT2D eigenvalue weighted by molar-refractivity contribution is 8.72. The second-order valence-corrected chi connectivity index (χ2v) is 16.7. The molecule has 0 spiro atoms. The average Bonchev–Trinajstić information content (AvgIpc) is 2.86. The van der Waals surface area contributed by atoms with Crippen LogP contribution in [0.1, 0.15) is 0 Å². The first-order valence-corrected chi connectivity index (χ1v) is 19.4. The van der Waals surface area contributed by atoms with E-state index in [9.17, 15) is 16.8 Å². The second kappa shape index (κ2) is 28.4. The van der Waals surface area contributed by atoms with Crippen LogP contribution in [0, 0.1) is 0 Å². The molecule has 17 heteroatoms. The van der Waals surface area contributed by atoms with Crippen LogP contribution in [0.4, 0.5) is 0 Å². The van der Waals surface area contributed by atoms with Gasteiger partial charge < -0.3 is 42.6 Å². The van der Waals surface area contributed by atoms with Crippen molar-refractivity contribution in [3.63, 3.8) is 0 Å². The molecule has 0 saturated carbocycles. The van der Waals surface area contributed by atoms with E-state index >= 15 is 0 Å². The maximum Gasteiger partial charge on any atom is 0.198 e. The van der Waals surface area contributed by atoms with Gasteiger partial charge in [-0.1, -0.05) is 0 Å². The van der Waals surface area contributed by atoms with Crippen molar-refractivity contribution < 1.29 is 59.5 Å². The van der Waals surface area contributed by atoms with Gasteiger partial charge in [-0.25, -0.2) is 16.8 Å². The van der Waals surface area contributed by atoms with Gasteiger partial charge in [-0.2, -0.15) is 0 Å². The zero-order valence-corrected chi connectivity index (χ0v) is 26.3. The van der Waals surface area contributed by atoms with Crippen LogP contribution >= 0.6 is 21.6 Å². The van der Waals surface area contributed by atoms with Gasteiger partial charge in [0.15, 0.2) is 17.7 Å². The molecule has 0 aliphatic rings. The monoisotopic (exact) mass is 646 g/mol. The van der Waals surface area contributed by atoms with Crippen LogP contribution in [0.5, 0.6) is 0 Å². The third-order valence-corrected chi connectivity index (χ3v) is 9.12. The van der Waals surface area contributed by atoms with Gasteiger partial charge in [0, 0.05) is 24.0 Å². The molecule has 0 unspecified atom stereocenters. The molecule has 0 amide bonds. The maximum atomic E-state index is 10.9. The molecule has 0 rings (SSSR count). The van der Waals surface area contributed by atoms with Crippen LogP contribution in [-0.4, -0.2) is 160 Å². The van der Waals surface area contributed by atoms with E-state index in [1.54, 1.807) is 0 Å². The minimum atomic E-state index is -3.01. The van der Waals surface area contributed by atoms with E-state index in [0.717, 1.165) is 21.6 Å². The molecule has 0 N–H and O–H groups in total. The molecular formula is C22H46O13S4. The van der Waals surface area contributed by atoms with Crippen molar-refractivity contribution in [1.82, 2.24) is 0 Å². The molecule has 39 heavy (non-hydrogen) atoms. The van der Waals surface area contributed by atoms with Crippen LogP contribution in [0.3, 0.4) is 0 Å². The summed E-state index contributed by atoms with van der Waals surface area (Å²) in [5.41, 5.74) is 0. The van der Waals surface area contributed by atoms with Crippen LogP contribution in [0.25, 0.3) is 0 Å². The van der Waals surface area contributed by atoms with Gasteiger partial charge in [0.2, 0.25) is 0 Å². The molecule has 0 radical (unpaired) electrons. The Balaban J connectivity index is 3.08. The molecule has 0 aliphatic heterocycles. The van der Waals surface area contributed by atoms with Gasteiger partial charge in [0.1, 0.15) is 0 Å². The van der Waals surface area contributed by atoms with Gasteiger partial charge in [0.25, 0.3) is 0 Å². The molecule has 0 aromatic rings. The number of hydrogen-bond donors (Lipinski definition) is 0. The summed E-state index contributed by atoms with van der Waals surface area (Å²) in [5.74, 6) is 0.819. The highest BCUT2D eigenvalue weighted by Crippen LogP contribution is 2.08. The van der Waals surface area contributed by atoms with Gasteiger partial charge >= 0.3 is 0 Å². The minimum absolute atomic E-state index is 0.371. The molecule has 0 heterocycles. The average molecular weight is 647 g/mol. The Morgan fingerprint density at radius 2 is 0.487 bits per heavy atom. The predicted octanol–water partition coefficient (Wildman–Crippen LogP) is 0.521. The Morgan fingerprint density at radius 1 is 0.333 bits per heavy atom. The van der Waals surface area contributed by atoms with Gasteiger partial charge in [0.05, 0.1) is 119 Å². The fraction of sp³-hybridized carbons (Fsp3) is 1.00. The molecule has 0 saturated heterocycles. The first-order valence-electron chi connectivity index (χ1n) is 12.6. The Kier molecular flexibility index (Phi) is 28.5. The van der Waals surface area contributed by atoms with Crippen LogP contribution in [0.15, 0.2) is 0 Å². The van der Waals surface area contributed by atoms with E-state index in [1.165, 1.54) is 12.5 Å². The van der Waals surface area contributed by atoms with Crippen LogP contribution in [-0.2, 0) is 60.4 Å². The highest BCUT2D eigenvalue weighted by atomic mass is 33.1. The van der Waals surface area contributed by atoms with Gasteiger partial charge in [-0.3, -0.25) is 0 Å². The van der Waals surface area contributed by atoms with Crippen LogP contribution in [0.2, 0.25) is 0 Å². The van der Waals surface area contributed by atoms with E-state index in [4.69, 9.17) is 42.6 Å². The molecule has 0 atom stereocenters. The summed E-state index contributed by atoms with van der Waals surface area (Å²) in [7, 11) is -4.28. The normalized spacial score (nSPS) is 12.4. The summed E-state index contributed by atoms with van der Waals surface area (Å²) >= 11 is 0. The molecule has 0 fully saturated rings. The first kappa shape index (κ1) is 39.2.